The van der Waals surface area contributed by atoms with Gasteiger partial charge in [-0.15, -0.1) is 0 Å². The zero-order chi connectivity index (χ0) is 10.5. The van der Waals surface area contributed by atoms with Gasteiger partial charge in [-0.3, -0.25) is 0 Å². The Balaban J connectivity index is 1.98. The van der Waals surface area contributed by atoms with Gasteiger partial charge in [0.1, 0.15) is 12.2 Å². The Morgan fingerprint density at radius 3 is 2.80 bits per heavy atom. The molecule has 2 rings (SSSR count). The van der Waals surface area contributed by atoms with Gasteiger partial charge in [0.15, 0.2) is 0 Å². The van der Waals surface area contributed by atoms with Gasteiger partial charge in [-0.2, -0.15) is 0 Å². The molecule has 0 radical (unpaired) electrons. The van der Waals surface area contributed by atoms with Crippen LogP contribution >= 0.6 is 0 Å². The van der Waals surface area contributed by atoms with Crippen molar-refractivity contribution in [2.24, 2.45) is 0 Å². The van der Waals surface area contributed by atoms with Crippen LogP contribution < -0.4 is 0 Å². The van der Waals surface area contributed by atoms with Crippen molar-refractivity contribution in [2.75, 3.05) is 13.2 Å². The Morgan fingerprint density at radius 2 is 2.20 bits per heavy atom. The minimum absolute atomic E-state index is 0.0559. The molecular weight excluding hydrogens is 188 g/mol. The van der Waals surface area contributed by atoms with Gasteiger partial charge in [0.25, 0.3) is 0 Å². The molecule has 15 heavy (non-hydrogen) atoms. The van der Waals surface area contributed by atoms with Crippen LogP contribution in [-0.2, 0) is 9.47 Å². The summed E-state index contributed by atoms with van der Waals surface area (Å²) in [4.78, 5) is 0. The fourth-order valence-electron chi connectivity index (χ4n) is 1.46. The highest BCUT2D eigenvalue weighted by molar-refractivity contribution is 5.21. The molecule has 1 aromatic carbocycles. The summed E-state index contributed by atoms with van der Waals surface area (Å²) in [6, 6.07) is 10.2. The highest BCUT2D eigenvalue weighted by atomic mass is 16.6. The Bertz CT molecular complexity index is 315. The van der Waals surface area contributed by atoms with Crippen molar-refractivity contribution in [1.82, 2.24) is 0 Å². The summed E-state index contributed by atoms with van der Waals surface area (Å²) in [5, 5.41) is 0. The van der Waals surface area contributed by atoms with E-state index in [1.807, 2.05) is 31.2 Å². The molecule has 0 saturated carbocycles. The van der Waals surface area contributed by atoms with Gasteiger partial charge in [0.05, 0.1) is 13.2 Å². The minimum Gasteiger partial charge on any atom is -0.371 e. The number of hydrogen-bond acceptors (Lipinski definition) is 2. The lowest BCUT2D eigenvalue weighted by atomic mass is 10.1. The lowest BCUT2D eigenvalue weighted by Gasteiger charge is -2.13. The highest BCUT2D eigenvalue weighted by Gasteiger charge is 2.23. The maximum Gasteiger partial charge on any atom is 0.104 e. The summed E-state index contributed by atoms with van der Waals surface area (Å²) in [5.74, 6) is 0. The lowest BCUT2D eigenvalue weighted by molar-refractivity contribution is 0.0718. The molecule has 1 aromatic rings. The van der Waals surface area contributed by atoms with E-state index >= 15 is 0 Å². The third-order valence-corrected chi connectivity index (χ3v) is 2.36. The van der Waals surface area contributed by atoms with E-state index in [4.69, 9.17) is 9.47 Å². The maximum atomic E-state index is 5.78. The monoisotopic (exact) mass is 204 g/mol. The Labute approximate surface area is 90.5 Å². The van der Waals surface area contributed by atoms with Gasteiger partial charge in [0, 0.05) is 0 Å². The normalized spacial score (nSPS) is 21.8. The topological polar surface area (TPSA) is 21.8 Å². The van der Waals surface area contributed by atoms with Gasteiger partial charge < -0.3 is 9.47 Å². The number of benzene rings is 1. The van der Waals surface area contributed by atoms with E-state index in [9.17, 15) is 0 Å². The molecule has 0 aromatic heterocycles. The highest BCUT2D eigenvalue weighted by Crippen LogP contribution is 2.21. The predicted molar refractivity (Wildman–Crippen MR) is 59.7 cm³/mol. The second-order valence-electron chi connectivity index (χ2n) is 3.65. The van der Waals surface area contributed by atoms with Crippen LogP contribution in [0.1, 0.15) is 18.6 Å². The molecule has 1 aliphatic heterocycles. The molecule has 1 fully saturated rings. The second kappa shape index (κ2) is 5.10. The molecule has 2 atom stereocenters. The minimum atomic E-state index is 0.0559. The van der Waals surface area contributed by atoms with Crippen molar-refractivity contribution in [1.29, 1.82) is 0 Å². The molecule has 0 bridgehead atoms. The number of rotatable bonds is 5. The van der Waals surface area contributed by atoms with Crippen molar-refractivity contribution in [3.05, 3.63) is 48.0 Å². The van der Waals surface area contributed by atoms with Crippen LogP contribution in [0.15, 0.2) is 42.5 Å². The van der Waals surface area contributed by atoms with Crippen LogP contribution in [0.5, 0.6) is 0 Å². The largest absolute Gasteiger partial charge is 0.371 e. The summed E-state index contributed by atoms with van der Waals surface area (Å²) in [6.07, 6.45) is 4.46. The van der Waals surface area contributed by atoms with Crippen molar-refractivity contribution >= 4 is 0 Å². The van der Waals surface area contributed by atoms with Gasteiger partial charge in [0.2, 0.25) is 0 Å². The molecule has 80 valence electrons. The molecular formula is C13H16O2. The molecule has 1 aliphatic rings. The predicted octanol–water partition coefficient (Wildman–Crippen LogP) is 2.72. The summed E-state index contributed by atoms with van der Waals surface area (Å²) >= 11 is 0. The number of epoxide rings is 1. The summed E-state index contributed by atoms with van der Waals surface area (Å²) in [5.41, 5.74) is 1.19. The van der Waals surface area contributed by atoms with E-state index in [1.165, 1.54) is 5.56 Å². The standard InChI is InChI=1S/C13H16O2/c1-2-6-13(15-10-12-9-14-12)11-7-4-3-5-8-11/h2-8,12-13H,9-10H2,1H3. The van der Waals surface area contributed by atoms with Gasteiger partial charge >= 0.3 is 0 Å². The summed E-state index contributed by atoms with van der Waals surface area (Å²) in [6.45, 7) is 3.54. The second-order valence-corrected chi connectivity index (χ2v) is 3.65. The fourth-order valence-corrected chi connectivity index (χ4v) is 1.46. The lowest BCUT2D eigenvalue weighted by Crippen LogP contribution is -2.07. The SMILES string of the molecule is CC=CC(OCC1CO1)c1ccccc1. The quantitative estimate of drug-likeness (QED) is 0.543. The first-order valence-corrected chi connectivity index (χ1v) is 5.31. The summed E-state index contributed by atoms with van der Waals surface area (Å²) in [7, 11) is 0. The van der Waals surface area contributed by atoms with Crippen LogP contribution in [0.25, 0.3) is 0 Å². The van der Waals surface area contributed by atoms with Gasteiger partial charge in [-0.25, -0.2) is 0 Å². The Morgan fingerprint density at radius 1 is 1.47 bits per heavy atom. The molecule has 2 unspecified atom stereocenters. The van der Waals surface area contributed by atoms with E-state index in [0.29, 0.717) is 12.7 Å². The molecule has 0 N–H and O–H groups in total. The first kappa shape index (κ1) is 10.4. The Kier molecular flexibility index (Phi) is 3.54. The van der Waals surface area contributed by atoms with Crippen molar-refractivity contribution in [2.45, 2.75) is 19.1 Å². The third-order valence-electron chi connectivity index (χ3n) is 2.36. The van der Waals surface area contributed by atoms with Crippen LogP contribution in [0.2, 0.25) is 0 Å². The van der Waals surface area contributed by atoms with Crippen LogP contribution in [0, 0.1) is 0 Å². The van der Waals surface area contributed by atoms with Crippen molar-refractivity contribution in [3.8, 4) is 0 Å². The molecule has 1 heterocycles. The molecule has 0 amide bonds. The van der Waals surface area contributed by atoms with E-state index < -0.39 is 0 Å². The van der Waals surface area contributed by atoms with Crippen LogP contribution in [0.3, 0.4) is 0 Å². The Hall–Kier alpha value is -1.12. The van der Waals surface area contributed by atoms with E-state index in [1.54, 1.807) is 0 Å². The third kappa shape index (κ3) is 3.18. The van der Waals surface area contributed by atoms with E-state index in [2.05, 4.69) is 18.2 Å². The van der Waals surface area contributed by atoms with Crippen LogP contribution in [-0.4, -0.2) is 19.3 Å². The first-order valence-electron chi connectivity index (χ1n) is 5.31. The van der Waals surface area contributed by atoms with Gasteiger partial charge in [-0.1, -0.05) is 42.5 Å². The maximum absolute atomic E-state index is 5.78. The van der Waals surface area contributed by atoms with Crippen LogP contribution in [0.4, 0.5) is 0 Å². The number of hydrogen-bond donors (Lipinski definition) is 0. The molecule has 2 nitrogen and oxygen atoms in total. The smallest absolute Gasteiger partial charge is 0.104 e. The summed E-state index contributed by atoms with van der Waals surface area (Å²) < 4.78 is 10.9. The van der Waals surface area contributed by atoms with Crippen molar-refractivity contribution in [3.63, 3.8) is 0 Å². The molecule has 0 spiro atoms. The van der Waals surface area contributed by atoms with E-state index in [-0.39, 0.29) is 6.10 Å². The molecule has 1 saturated heterocycles. The van der Waals surface area contributed by atoms with Crippen molar-refractivity contribution < 1.29 is 9.47 Å². The molecule has 2 heteroatoms. The van der Waals surface area contributed by atoms with Gasteiger partial charge in [-0.05, 0) is 12.5 Å². The zero-order valence-electron chi connectivity index (χ0n) is 8.93. The first-order chi connectivity index (χ1) is 7.40. The zero-order valence-corrected chi connectivity index (χ0v) is 8.93. The molecule has 0 aliphatic carbocycles. The van der Waals surface area contributed by atoms with E-state index in [0.717, 1.165) is 6.61 Å². The number of allylic oxidation sites excluding steroid dienone is 1. The number of ether oxygens (including phenoxy) is 2. The average Bonchev–Trinajstić information content (AvgIpc) is 3.09. The fraction of sp³-hybridized carbons (Fsp3) is 0.385. The average molecular weight is 204 g/mol.